The quantitative estimate of drug-likeness (QED) is 0.483. The van der Waals surface area contributed by atoms with Gasteiger partial charge in [-0.1, -0.05) is 56.3 Å². The van der Waals surface area contributed by atoms with Crippen molar-refractivity contribution in [1.82, 2.24) is 5.32 Å². The van der Waals surface area contributed by atoms with Crippen LogP contribution < -0.4 is 11.1 Å². The second-order valence-electron chi connectivity index (χ2n) is 7.51. The molecule has 150 valence electrons. The van der Waals surface area contributed by atoms with Gasteiger partial charge in [-0.3, -0.25) is 4.79 Å². The van der Waals surface area contributed by atoms with Crippen LogP contribution in [0.15, 0.2) is 60.7 Å². The van der Waals surface area contributed by atoms with Gasteiger partial charge in [-0.2, -0.15) is 0 Å². The van der Waals surface area contributed by atoms with Crippen molar-refractivity contribution in [3.8, 4) is 11.1 Å². The average molecular weight is 390 g/mol. The van der Waals surface area contributed by atoms with Gasteiger partial charge in [-0.25, -0.2) is 4.79 Å². The summed E-state index contributed by atoms with van der Waals surface area (Å²) in [5.74, 6) is -0.554. The molecule has 0 aromatic heterocycles. The van der Waals surface area contributed by atoms with Crippen LogP contribution in [-0.4, -0.2) is 25.0 Å². The number of rotatable bonds is 6. The summed E-state index contributed by atoms with van der Waals surface area (Å²) in [4.78, 5) is 25.3. The number of ether oxygens (including phenoxy) is 1. The Morgan fingerprint density at radius 2 is 1.72 bits per heavy atom. The van der Waals surface area contributed by atoms with Crippen molar-refractivity contribution < 1.29 is 14.3 Å². The molecule has 3 rings (SSSR count). The molecule has 3 aromatic rings. The fourth-order valence-corrected chi connectivity index (χ4v) is 3.51. The van der Waals surface area contributed by atoms with Gasteiger partial charge in [0.25, 0.3) is 5.91 Å². The van der Waals surface area contributed by atoms with Crippen LogP contribution in [0.25, 0.3) is 21.9 Å². The molecular weight excluding hydrogens is 364 g/mol. The first-order valence-electron chi connectivity index (χ1n) is 9.67. The van der Waals surface area contributed by atoms with E-state index in [0.717, 1.165) is 21.9 Å². The molecular formula is C24H26N2O3. The first-order chi connectivity index (χ1) is 13.9. The smallest absolute Gasteiger partial charge is 0.328 e. The molecule has 0 fully saturated rings. The van der Waals surface area contributed by atoms with Gasteiger partial charge in [-0.15, -0.1) is 0 Å². The first-order valence-corrected chi connectivity index (χ1v) is 9.67. The van der Waals surface area contributed by atoms with Gasteiger partial charge in [0.15, 0.2) is 0 Å². The Labute approximate surface area is 170 Å². The number of esters is 1. The minimum absolute atomic E-state index is 0.225. The van der Waals surface area contributed by atoms with E-state index < -0.39 is 12.0 Å². The molecule has 5 nitrogen and oxygen atoms in total. The van der Waals surface area contributed by atoms with Crippen LogP contribution in [0.1, 0.15) is 30.6 Å². The number of fused-ring (bicyclic) bond motifs is 1. The summed E-state index contributed by atoms with van der Waals surface area (Å²) < 4.78 is 4.87. The van der Waals surface area contributed by atoms with Gasteiger partial charge >= 0.3 is 5.97 Å². The molecule has 0 saturated heterocycles. The summed E-state index contributed by atoms with van der Waals surface area (Å²) in [6.07, 6.45) is 0.497. The highest BCUT2D eigenvalue weighted by Gasteiger charge is 2.24. The monoisotopic (exact) mass is 390 g/mol. The molecule has 5 heteroatoms. The van der Waals surface area contributed by atoms with Crippen LogP contribution in [0.2, 0.25) is 0 Å². The standard InChI is InChI=1S/C24H26N2O3/c1-15(2)13-22(24(28)29-3)26-23(27)20-12-11-17(25)14-21(20)19-10-6-8-16-7-4-5-9-18(16)19/h4-12,14-15,22H,13,25H2,1-3H3,(H,26,27)/t22-/m0/s1. The van der Waals surface area contributed by atoms with Crippen LogP contribution in [0.3, 0.4) is 0 Å². The van der Waals surface area contributed by atoms with Crippen molar-refractivity contribution in [2.45, 2.75) is 26.3 Å². The topological polar surface area (TPSA) is 81.4 Å². The van der Waals surface area contributed by atoms with E-state index in [-0.39, 0.29) is 11.8 Å². The molecule has 0 radical (unpaired) electrons. The number of anilines is 1. The van der Waals surface area contributed by atoms with Crippen molar-refractivity contribution in [3.05, 3.63) is 66.2 Å². The van der Waals surface area contributed by atoms with E-state index in [0.29, 0.717) is 17.7 Å². The number of hydrogen-bond donors (Lipinski definition) is 2. The molecule has 0 bridgehead atoms. The second-order valence-corrected chi connectivity index (χ2v) is 7.51. The highest BCUT2D eigenvalue weighted by Crippen LogP contribution is 2.32. The van der Waals surface area contributed by atoms with E-state index in [1.165, 1.54) is 7.11 Å². The van der Waals surface area contributed by atoms with Crippen LogP contribution in [0.4, 0.5) is 5.69 Å². The number of nitrogen functional groups attached to an aromatic ring is 1. The second kappa shape index (κ2) is 8.78. The van der Waals surface area contributed by atoms with E-state index in [4.69, 9.17) is 10.5 Å². The summed E-state index contributed by atoms with van der Waals surface area (Å²) in [6, 6.07) is 18.4. The Bertz CT molecular complexity index is 1040. The van der Waals surface area contributed by atoms with Crippen LogP contribution >= 0.6 is 0 Å². The van der Waals surface area contributed by atoms with Crippen molar-refractivity contribution >= 4 is 28.3 Å². The maximum Gasteiger partial charge on any atom is 0.328 e. The number of hydrogen-bond acceptors (Lipinski definition) is 4. The van der Waals surface area contributed by atoms with Crippen LogP contribution in [0.5, 0.6) is 0 Å². The molecule has 3 aromatic carbocycles. The lowest BCUT2D eigenvalue weighted by Gasteiger charge is -2.20. The van der Waals surface area contributed by atoms with Gasteiger partial charge in [0, 0.05) is 11.3 Å². The summed E-state index contributed by atoms with van der Waals surface area (Å²) in [5, 5.41) is 4.94. The lowest BCUT2D eigenvalue weighted by molar-refractivity contribution is -0.143. The number of carbonyl (C=O) groups excluding carboxylic acids is 2. The van der Waals surface area contributed by atoms with Gasteiger partial charge in [0.2, 0.25) is 0 Å². The highest BCUT2D eigenvalue weighted by atomic mass is 16.5. The molecule has 0 aliphatic heterocycles. The predicted molar refractivity (Wildman–Crippen MR) is 117 cm³/mol. The van der Waals surface area contributed by atoms with Crippen molar-refractivity contribution in [3.63, 3.8) is 0 Å². The van der Waals surface area contributed by atoms with E-state index in [2.05, 4.69) is 5.32 Å². The zero-order valence-electron chi connectivity index (χ0n) is 16.9. The van der Waals surface area contributed by atoms with Gasteiger partial charge in [0.1, 0.15) is 6.04 Å². The van der Waals surface area contributed by atoms with Gasteiger partial charge in [0.05, 0.1) is 7.11 Å². The fourth-order valence-electron chi connectivity index (χ4n) is 3.51. The number of methoxy groups -OCH3 is 1. The lowest BCUT2D eigenvalue weighted by atomic mass is 9.93. The zero-order chi connectivity index (χ0) is 21.0. The van der Waals surface area contributed by atoms with E-state index >= 15 is 0 Å². The third-order valence-corrected chi connectivity index (χ3v) is 4.87. The third-order valence-electron chi connectivity index (χ3n) is 4.87. The fraction of sp³-hybridized carbons (Fsp3) is 0.250. The van der Waals surface area contributed by atoms with Crippen molar-refractivity contribution in [2.75, 3.05) is 12.8 Å². The molecule has 0 aliphatic carbocycles. The maximum atomic E-state index is 13.1. The minimum atomic E-state index is -0.703. The highest BCUT2D eigenvalue weighted by molar-refractivity contribution is 6.07. The Morgan fingerprint density at radius 1 is 1.00 bits per heavy atom. The third kappa shape index (κ3) is 4.57. The molecule has 0 spiro atoms. The molecule has 0 heterocycles. The van der Waals surface area contributed by atoms with E-state index in [9.17, 15) is 9.59 Å². The minimum Gasteiger partial charge on any atom is -0.467 e. The summed E-state index contributed by atoms with van der Waals surface area (Å²) >= 11 is 0. The maximum absolute atomic E-state index is 13.1. The largest absolute Gasteiger partial charge is 0.467 e. The van der Waals surface area contributed by atoms with Crippen LogP contribution in [0, 0.1) is 5.92 Å². The summed E-state index contributed by atoms with van der Waals surface area (Å²) in [7, 11) is 1.33. The van der Waals surface area contributed by atoms with Gasteiger partial charge < -0.3 is 15.8 Å². The molecule has 29 heavy (non-hydrogen) atoms. The molecule has 3 N–H and O–H groups in total. The Kier molecular flexibility index (Phi) is 6.17. The first kappa shape index (κ1) is 20.4. The normalized spacial score (nSPS) is 12.0. The number of nitrogens with one attached hydrogen (secondary N) is 1. The van der Waals surface area contributed by atoms with Crippen molar-refractivity contribution in [1.29, 1.82) is 0 Å². The molecule has 0 aliphatic rings. The Hall–Kier alpha value is -3.34. The Balaban J connectivity index is 2.05. The number of nitrogens with two attached hydrogens (primary N) is 1. The van der Waals surface area contributed by atoms with Gasteiger partial charge in [-0.05, 0) is 52.4 Å². The predicted octanol–water partition coefficient (Wildman–Crippen LogP) is 4.41. The Morgan fingerprint density at radius 3 is 2.45 bits per heavy atom. The average Bonchev–Trinajstić information content (AvgIpc) is 2.71. The van der Waals surface area contributed by atoms with E-state index in [1.54, 1.807) is 18.2 Å². The van der Waals surface area contributed by atoms with Crippen molar-refractivity contribution in [2.24, 2.45) is 5.92 Å². The molecule has 1 amide bonds. The molecule has 0 unspecified atom stereocenters. The number of amides is 1. The lowest BCUT2D eigenvalue weighted by Crippen LogP contribution is -2.42. The van der Waals surface area contributed by atoms with E-state index in [1.807, 2.05) is 56.3 Å². The van der Waals surface area contributed by atoms with Crippen LogP contribution in [-0.2, 0) is 9.53 Å². The SMILES string of the molecule is COC(=O)[C@H](CC(C)C)NC(=O)c1ccc(N)cc1-c1cccc2ccccc12. The zero-order valence-corrected chi connectivity index (χ0v) is 16.9. The summed E-state index contributed by atoms with van der Waals surface area (Å²) in [5.41, 5.74) is 8.72. The summed E-state index contributed by atoms with van der Waals surface area (Å²) in [6.45, 7) is 3.99. The molecule has 0 saturated carbocycles. The molecule has 1 atom stereocenters. The number of carbonyl (C=O) groups is 2. The number of benzene rings is 3.